The van der Waals surface area contributed by atoms with Gasteiger partial charge in [0.05, 0.1) is 0 Å². The molecule has 1 fully saturated rings. The fourth-order valence-corrected chi connectivity index (χ4v) is 3.03. The third kappa shape index (κ3) is 3.16. The lowest BCUT2D eigenvalue weighted by atomic mass is 9.87. The summed E-state index contributed by atoms with van der Waals surface area (Å²) >= 11 is 0. The standard InChI is InChI=1S/C19H24N4O2/c1-12-6-11-15(17(24)20-12)23-18(25)22(5)16(21-23)13-7-9-14(10-8-13)19(2,3)4/h7-10,15H,1,6,11H2,2-5H3,(H,20,24). The van der Waals surface area contributed by atoms with Gasteiger partial charge in [-0.2, -0.15) is 0 Å². The van der Waals surface area contributed by atoms with Crippen LogP contribution >= 0.6 is 0 Å². The summed E-state index contributed by atoms with van der Waals surface area (Å²) in [5, 5.41) is 7.15. The summed E-state index contributed by atoms with van der Waals surface area (Å²) in [6.45, 7) is 10.2. The molecular formula is C19H24N4O2. The van der Waals surface area contributed by atoms with Gasteiger partial charge in [-0.1, -0.05) is 51.6 Å². The van der Waals surface area contributed by atoms with E-state index in [0.29, 0.717) is 24.4 Å². The molecule has 1 aromatic carbocycles. The van der Waals surface area contributed by atoms with Crippen molar-refractivity contribution in [3.05, 3.63) is 52.6 Å². The second-order valence-electron chi connectivity index (χ2n) is 7.58. The zero-order valence-electron chi connectivity index (χ0n) is 15.2. The van der Waals surface area contributed by atoms with Crippen LogP contribution in [0.15, 0.2) is 41.3 Å². The topological polar surface area (TPSA) is 68.9 Å². The van der Waals surface area contributed by atoms with E-state index in [1.807, 2.05) is 12.1 Å². The number of amides is 1. The van der Waals surface area contributed by atoms with Crippen LogP contribution in [0.5, 0.6) is 0 Å². The highest BCUT2D eigenvalue weighted by atomic mass is 16.2. The van der Waals surface area contributed by atoms with Crippen molar-refractivity contribution in [1.82, 2.24) is 19.7 Å². The summed E-state index contributed by atoms with van der Waals surface area (Å²) in [6.07, 6.45) is 1.18. The van der Waals surface area contributed by atoms with Crippen LogP contribution < -0.4 is 11.0 Å². The molecule has 132 valence electrons. The van der Waals surface area contributed by atoms with Gasteiger partial charge in [0.15, 0.2) is 5.82 Å². The molecule has 1 unspecified atom stereocenters. The molecule has 1 aromatic heterocycles. The largest absolute Gasteiger partial charge is 0.346 e. The average Bonchev–Trinajstić information content (AvgIpc) is 2.83. The Hall–Kier alpha value is -2.63. The molecule has 0 bridgehead atoms. The average molecular weight is 340 g/mol. The molecule has 0 spiro atoms. The van der Waals surface area contributed by atoms with Gasteiger partial charge in [0.25, 0.3) is 0 Å². The van der Waals surface area contributed by atoms with E-state index in [-0.39, 0.29) is 17.0 Å². The van der Waals surface area contributed by atoms with E-state index in [1.165, 1.54) is 14.8 Å². The molecule has 1 amide bonds. The monoisotopic (exact) mass is 340 g/mol. The van der Waals surface area contributed by atoms with Crippen LogP contribution in [0.1, 0.15) is 45.2 Å². The van der Waals surface area contributed by atoms with Gasteiger partial charge in [-0.3, -0.25) is 9.36 Å². The van der Waals surface area contributed by atoms with Gasteiger partial charge in [-0.05, 0) is 23.8 Å². The van der Waals surface area contributed by atoms with Crippen molar-refractivity contribution in [1.29, 1.82) is 0 Å². The minimum atomic E-state index is -0.591. The lowest BCUT2D eigenvalue weighted by Gasteiger charge is -2.22. The van der Waals surface area contributed by atoms with Gasteiger partial charge in [0.2, 0.25) is 5.91 Å². The normalized spacial score (nSPS) is 18.3. The van der Waals surface area contributed by atoms with Crippen LogP contribution in [0.4, 0.5) is 0 Å². The molecule has 1 N–H and O–H groups in total. The van der Waals surface area contributed by atoms with Gasteiger partial charge < -0.3 is 5.32 Å². The number of nitrogens with one attached hydrogen (secondary N) is 1. The number of carbonyl (C=O) groups is 1. The number of piperidine rings is 1. The predicted molar refractivity (Wildman–Crippen MR) is 97.2 cm³/mol. The zero-order valence-corrected chi connectivity index (χ0v) is 15.2. The molecule has 6 heteroatoms. The van der Waals surface area contributed by atoms with Gasteiger partial charge in [-0.15, -0.1) is 5.10 Å². The Kier molecular flexibility index (Phi) is 4.14. The number of carbonyl (C=O) groups excluding carboxylic acids is 1. The first kappa shape index (κ1) is 17.2. The highest BCUT2D eigenvalue weighted by Crippen LogP contribution is 2.26. The van der Waals surface area contributed by atoms with Gasteiger partial charge in [0, 0.05) is 18.3 Å². The van der Waals surface area contributed by atoms with E-state index in [2.05, 4.69) is 49.9 Å². The highest BCUT2D eigenvalue weighted by molar-refractivity contribution is 5.82. The molecule has 0 aliphatic carbocycles. The van der Waals surface area contributed by atoms with Gasteiger partial charge in [0.1, 0.15) is 6.04 Å². The number of allylic oxidation sites excluding steroid dienone is 1. The van der Waals surface area contributed by atoms with Crippen molar-refractivity contribution in [3.8, 4) is 11.4 Å². The SMILES string of the molecule is C=C1CCC(n2nc(-c3ccc(C(C)(C)C)cc3)n(C)c2=O)C(=O)N1. The molecule has 2 heterocycles. The third-order valence-corrected chi connectivity index (χ3v) is 4.63. The summed E-state index contributed by atoms with van der Waals surface area (Å²) in [5.41, 5.74) is 2.52. The molecular weight excluding hydrogens is 316 g/mol. The molecule has 1 saturated heterocycles. The van der Waals surface area contributed by atoms with E-state index >= 15 is 0 Å². The van der Waals surface area contributed by atoms with Crippen molar-refractivity contribution in [2.45, 2.75) is 45.1 Å². The molecule has 0 saturated carbocycles. The predicted octanol–water partition coefficient (Wildman–Crippen LogP) is 2.51. The van der Waals surface area contributed by atoms with Gasteiger partial charge in [-0.25, -0.2) is 9.48 Å². The molecule has 3 rings (SSSR count). The maximum Gasteiger partial charge on any atom is 0.346 e. The summed E-state index contributed by atoms with van der Waals surface area (Å²) in [4.78, 5) is 24.8. The molecule has 2 aromatic rings. The van der Waals surface area contributed by atoms with Crippen molar-refractivity contribution in [2.24, 2.45) is 7.05 Å². The second-order valence-corrected chi connectivity index (χ2v) is 7.58. The van der Waals surface area contributed by atoms with E-state index in [0.717, 1.165) is 5.56 Å². The smallest absolute Gasteiger partial charge is 0.329 e. The Morgan fingerprint density at radius 3 is 2.40 bits per heavy atom. The zero-order chi connectivity index (χ0) is 18.4. The van der Waals surface area contributed by atoms with Crippen LogP contribution in [-0.4, -0.2) is 20.3 Å². The van der Waals surface area contributed by atoms with Crippen molar-refractivity contribution < 1.29 is 4.79 Å². The minimum absolute atomic E-state index is 0.0619. The van der Waals surface area contributed by atoms with E-state index in [1.54, 1.807) is 7.05 Å². The Labute approximate surface area is 147 Å². The second kappa shape index (κ2) is 6.02. The molecule has 1 atom stereocenters. The van der Waals surface area contributed by atoms with Crippen molar-refractivity contribution in [3.63, 3.8) is 0 Å². The fraction of sp³-hybridized carbons (Fsp3) is 0.421. The van der Waals surface area contributed by atoms with Crippen LogP contribution in [0.25, 0.3) is 11.4 Å². The van der Waals surface area contributed by atoms with E-state index < -0.39 is 6.04 Å². The maximum atomic E-state index is 12.6. The first-order chi connectivity index (χ1) is 11.7. The molecule has 1 aliphatic heterocycles. The van der Waals surface area contributed by atoms with Crippen LogP contribution in [0, 0.1) is 0 Å². The van der Waals surface area contributed by atoms with Crippen LogP contribution in [0.3, 0.4) is 0 Å². The highest BCUT2D eigenvalue weighted by Gasteiger charge is 2.29. The van der Waals surface area contributed by atoms with E-state index in [9.17, 15) is 9.59 Å². The lowest BCUT2D eigenvalue weighted by Crippen LogP contribution is -2.40. The van der Waals surface area contributed by atoms with E-state index in [4.69, 9.17) is 0 Å². The number of nitrogens with zero attached hydrogens (tertiary/aromatic N) is 3. The first-order valence-corrected chi connectivity index (χ1v) is 8.43. The summed E-state index contributed by atoms with van der Waals surface area (Å²) in [6, 6.07) is 7.45. The fourth-order valence-electron chi connectivity index (χ4n) is 3.03. The summed E-state index contributed by atoms with van der Waals surface area (Å²) in [7, 11) is 1.68. The Balaban J connectivity index is 1.98. The Morgan fingerprint density at radius 1 is 1.20 bits per heavy atom. The number of hydrogen-bond acceptors (Lipinski definition) is 3. The van der Waals surface area contributed by atoms with Crippen molar-refractivity contribution in [2.75, 3.05) is 0 Å². The van der Waals surface area contributed by atoms with Gasteiger partial charge >= 0.3 is 5.69 Å². The minimum Gasteiger partial charge on any atom is -0.329 e. The quantitative estimate of drug-likeness (QED) is 0.913. The molecule has 6 nitrogen and oxygen atoms in total. The summed E-state index contributed by atoms with van der Waals surface area (Å²) in [5.74, 6) is 0.328. The summed E-state index contributed by atoms with van der Waals surface area (Å²) < 4.78 is 2.78. The number of rotatable bonds is 2. The molecule has 0 radical (unpaired) electrons. The van der Waals surface area contributed by atoms with Crippen LogP contribution in [0.2, 0.25) is 0 Å². The number of aromatic nitrogens is 3. The Morgan fingerprint density at radius 2 is 1.84 bits per heavy atom. The molecule has 1 aliphatic rings. The van der Waals surface area contributed by atoms with Crippen molar-refractivity contribution >= 4 is 5.91 Å². The Bertz CT molecular complexity index is 882. The third-order valence-electron chi connectivity index (χ3n) is 4.63. The van der Waals surface area contributed by atoms with Crippen LogP contribution in [-0.2, 0) is 17.3 Å². The lowest BCUT2D eigenvalue weighted by molar-refractivity contribution is -0.125. The maximum absolute atomic E-state index is 12.6. The number of hydrogen-bond donors (Lipinski definition) is 1. The first-order valence-electron chi connectivity index (χ1n) is 8.43. The number of benzene rings is 1. The molecule has 25 heavy (non-hydrogen) atoms.